The highest BCUT2D eigenvalue weighted by Crippen LogP contribution is 2.29. The van der Waals surface area contributed by atoms with E-state index in [9.17, 15) is 13.6 Å². The quantitative estimate of drug-likeness (QED) is 0.658. The lowest BCUT2D eigenvalue weighted by Crippen LogP contribution is -2.14. The normalized spacial score (nSPS) is 11.2. The van der Waals surface area contributed by atoms with Crippen LogP contribution in [-0.4, -0.2) is 21.2 Å². The monoisotopic (exact) mass is 367 g/mol. The number of rotatable bonds is 5. The number of nitrogens with zero attached hydrogens (tertiary/aromatic N) is 2. The van der Waals surface area contributed by atoms with E-state index in [2.05, 4.69) is 10.3 Å². The van der Waals surface area contributed by atoms with Gasteiger partial charge in [0.05, 0.1) is 16.8 Å². The molecule has 0 saturated heterocycles. The van der Waals surface area contributed by atoms with Crippen LogP contribution in [0.4, 0.5) is 14.5 Å². The van der Waals surface area contributed by atoms with Crippen molar-refractivity contribution in [2.45, 2.75) is 11.7 Å². The summed E-state index contributed by atoms with van der Waals surface area (Å²) in [6.45, 7) is -2.73. The number of carbonyl (C=O) groups excluding carboxylic acids is 1. The molecule has 0 spiro atoms. The molecule has 0 bridgehead atoms. The van der Waals surface area contributed by atoms with E-state index < -0.39 is 6.55 Å². The van der Waals surface area contributed by atoms with Crippen molar-refractivity contribution in [3.8, 4) is 0 Å². The van der Waals surface area contributed by atoms with Crippen LogP contribution in [0, 0.1) is 0 Å². The third-order valence-corrected chi connectivity index (χ3v) is 4.39. The molecule has 4 nitrogen and oxygen atoms in total. The number of carbonyl (C=O) groups is 1. The molecule has 3 rings (SSSR count). The first-order valence-electron chi connectivity index (χ1n) is 6.98. The van der Waals surface area contributed by atoms with Crippen LogP contribution in [0.15, 0.2) is 53.7 Å². The van der Waals surface area contributed by atoms with Crippen LogP contribution in [0.5, 0.6) is 0 Å². The lowest BCUT2D eigenvalue weighted by atomic mass is 10.3. The molecule has 0 aliphatic carbocycles. The highest BCUT2D eigenvalue weighted by molar-refractivity contribution is 7.99. The highest BCUT2D eigenvalue weighted by atomic mass is 35.5. The molecule has 8 heteroatoms. The molecule has 0 aliphatic heterocycles. The predicted octanol–water partition coefficient (Wildman–Crippen LogP) is 4.82. The van der Waals surface area contributed by atoms with Gasteiger partial charge in [0.25, 0.3) is 0 Å². The van der Waals surface area contributed by atoms with Gasteiger partial charge in [0.15, 0.2) is 5.16 Å². The van der Waals surface area contributed by atoms with Crippen LogP contribution in [-0.2, 0) is 4.79 Å². The average Bonchev–Trinajstić information content (AvgIpc) is 2.91. The zero-order valence-electron chi connectivity index (χ0n) is 12.2. The number of hydrogen-bond acceptors (Lipinski definition) is 3. The van der Waals surface area contributed by atoms with Crippen LogP contribution in [0.25, 0.3) is 11.0 Å². The molecule has 24 heavy (non-hydrogen) atoms. The first kappa shape index (κ1) is 16.7. The van der Waals surface area contributed by atoms with Gasteiger partial charge in [0.1, 0.15) is 0 Å². The van der Waals surface area contributed by atoms with E-state index in [0.717, 1.165) is 16.3 Å². The highest BCUT2D eigenvalue weighted by Gasteiger charge is 2.18. The smallest absolute Gasteiger partial charge is 0.321 e. The van der Waals surface area contributed by atoms with Gasteiger partial charge in [-0.1, -0.05) is 41.6 Å². The number of anilines is 1. The largest absolute Gasteiger partial charge is 0.325 e. The lowest BCUT2D eigenvalue weighted by Gasteiger charge is -2.08. The van der Waals surface area contributed by atoms with E-state index >= 15 is 0 Å². The topological polar surface area (TPSA) is 46.9 Å². The Hall–Kier alpha value is -2.12. The van der Waals surface area contributed by atoms with Crippen LogP contribution >= 0.6 is 23.4 Å². The van der Waals surface area contributed by atoms with Crippen molar-refractivity contribution in [2.24, 2.45) is 0 Å². The average molecular weight is 368 g/mol. The van der Waals surface area contributed by atoms with Gasteiger partial charge in [-0.05, 0) is 30.3 Å². The first-order valence-corrected chi connectivity index (χ1v) is 8.34. The third-order valence-electron chi connectivity index (χ3n) is 3.20. The fraction of sp³-hybridized carbons (Fsp3) is 0.125. The SMILES string of the molecule is O=C(CSc1nc2ccccc2n1C(F)F)Nc1cccc(Cl)c1. The maximum atomic E-state index is 13.3. The number of amides is 1. The fourth-order valence-electron chi connectivity index (χ4n) is 2.21. The number of nitrogens with one attached hydrogen (secondary N) is 1. The molecule has 1 amide bonds. The van der Waals surface area contributed by atoms with Gasteiger partial charge >= 0.3 is 6.55 Å². The van der Waals surface area contributed by atoms with E-state index in [0.29, 0.717) is 21.7 Å². The standard InChI is InChI=1S/C16H12ClF2N3OS/c17-10-4-3-5-11(8-10)20-14(23)9-24-16-21-12-6-1-2-7-13(12)22(16)15(18)19/h1-8,15H,9H2,(H,20,23). The second kappa shape index (κ2) is 7.19. The molecule has 0 unspecified atom stereocenters. The Morgan fingerprint density at radius 3 is 2.79 bits per heavy atom. The second-order valence-electron chi connectivity index (χ2n) is 4.88. The van der Waals surface area contributed by atoms with E-state index in [1.165, 1.54) is 0 Å². The van der Waals surface area contributed by atoms with Crippen LogP contribution < -0.4 is 5.32 Å². The van der Waals surface area contributed by atoms with Crippen molar-refractivity contribution in [1.82, 2.24) is 9.55 Å². The van der Waals surface area contributed by atoms with E-state index in [4.69, 9.17) is 11.6 Å². The predicted molar refractivity (Wildman–Crippen MR) is 91.8 cm³/mol. The third kappa shape index (κ3) is 3.68. The summed E-state index contributed by atoms with van der Waals surface area (Å²) in [6.07, 6.45) is 0. The summed E-state index contributed by atoms with van der Waals surface area (Å²) in [5.41, 5.74) is 1.36. The van der Waals surface area contributed by atoms with Crippen LogP contribution in [0.1, 0.15) is 6.55 Å². The molecule has 1 heterocycles. The Balaban J connectivity index is 1.73. The molecular formula is C16H12ClF2N3OS. The summed E-state index contributed by atoms with van der Waals surface area (Å²) in [5, 5.41) is 3.27. The Morgan fingerprint density at radius 2 is 2.04 bits per heavy atom. The molecule has 124 valence electrons. The number of thioether (sulfide) groups is 1. The van der Waals surface area contributed by atoms with Crippen molar-refractivity contribution < 1.29 is 13.6 Å². The van der Waals surface area contributed by atoms with Crippen LogP contribution in [0.3, 0.4) is 0 Å². The van der Waals surface area contributed by atoms with E-state index in [1.807, 2.05) is 0 Å². The summed E-state index contributed by atoms with van der Waals surface area (Å²) < 4.78 is 27.4. The van der Waals surface area contributed by atoms with Crippen molar-refractivity contribution in [3.63, 3.8) is 0 Å². The second-order valence-corrected chi connectivity index (χ2v) is 6.26. The minimum Gasteiger partial charge on any atom is -0.325 e. The summed E-state index contributed by atoms with van der Waals surface area (Å²) in [7, 11) is 0. The van der Waals surface area contributed by atoms with Crippen molar-refractivity contribution in [1.29, 1.82) is 0 Å². The molecule has 0 aliphatic rings. The molecule has 0 fully saturated rings. The zero-order valence-corrected chi connectivity index (χ0v) is 13.8. The van der Waals surface area contributed by atoms with Gasteiger partial charge in [0, 0.05) is 10.7 Å². The number of fused-ring (bicyclic) bond motifs is 1. The molecular weight excluding hydrogens is 356 g/mol. The summed E-state index contributed by atoms with van der Waals surface area (Å²) in [5.74, 6) is -0.363. The van der Waals surface area contributed by atoms with Gasteiger partial charge < -0.3 is 5.32 Å². The maximum absolute atomic E-state index is 13.3. The maximum Gasteiger partial charge on any atom is 0.321 e. The van der Waals surface area contributed by atoms with E-state index in [-0.39, 0.29) is 16.8 Å². The number of halogens is 3. The molecule has 3 aromatic rings. The van der Waals surface area contributed by atoms with Crippen molar-refractivity contribution >= 4 is 46.0 Å². The summed E-state index contributed by atoms with van der Waals surface area (Å²) in [4.78, 5) is 16.2. The zero-order chi connectivity index (χ0) is 17.1. The Labute approximate surface area is 145 Å². The number of imidazole rings is 1. The number of hydrogen-bond donors (Lipinski definition) is 1. The van der Waals surface area contributed by atoms with Gasteiger partial charge in [-0.2, -0.15) is 8.78 Å². The Kier molecular flexibility index (Phi) is 5.01. The lowest BCUT2D eigenvalue weighted by molar-refractivity contribution is -0.113. The van der Waals surface area contributed by atoms with Crippen LogP contribution in [0.2, 0.25) is 5.02 Å². The van der Waals surface area contributed by atoms with Gasteiger partial charge in [0.2, 0.25) is 5.91 Å². The molecule has 1 N–H and O–H groups in total. The molecule has 0 radical (unpaired) electrons. The van der Waals surface area contributed by atoms with Crippen molar-refractivity contribution in [3.05, 3.63) is 53.6 Å². The fourth-order valence-corrected chi connectivity index (χ4v) is 3.21. The van der Waals surface area contributed by atoms with Gasteiger partial charge in [-0.25, -0.2) is 4.98 Å². The van der Waals surface area contributed by atoms with Gasteiger partial charge in [-0.15, -0.1) is 0 Å². The minimum atomic E-state index is -2.73. The first-order chi connectivity index (χ1) is 11.5. The molecule has 0 atom stereocenters. The number of alkyl halides is 2. The van der Waals surface area contributed by atoms with Crippen molar-refractivity contribution in [2.75, 3.05) is 11.1 Å². The molecule has 0 saturated carbocycles. The number of para-hydroxylation sites is 2. The summed E-state index contributed by atoms with van der Waals surface area (Å²) >= 11 is 6.81. The Bertz CT molecular complexity index is 885. The molecule has 1 aromatic heterocycles. The number of aromatic nitrogens is 2. The van der Waals surface area contributed by atoms with E-state index in [1.54, 1.807) is 48.5 Å². The Morgan fingerprint density at radius 1 is 1.25 bits per heavy atom. The summed E-state index contributed by atoms with van der Waals surface area (Å²) in [6, 6.07) is 13.3. The van der Waals surface area contributed by atoms with Gasteiger partial charge in [-0.3, -0.25) is 9.36 Å². The number of benzene rings is 2. The minimum absolute atomic E-state index is 0.0391. The molecule has 2 aromatic carbocycles.